The van der Waals surface area contributed by atoms with Gasteiger partial charge in [-0.1, -0.05) is 12.1 Å². The molecule has 0 aliphatic rings. The molecule has 0 unspecified atom stereocenters. The van der Waals surface area contributed by atoms with Gasteiger partial charge in [-0.05, 0) is 30.3 Å². The molecule has 112 valence electrons. The number of para-hydroxylation sites is 2. The number of halogens is 2. The van der Waals surface area contributed by atoms with Gasteiger partial charge in [0, 0.05) is 0 Å². The van der Waals surface area contributed by atoms with Crippen molar-refractivity contribution in [1.29, 1.82) is 0 Å². The smallest absolute Gasteiger partial charge is 0.184 e. The van der Waals surface area contributed by atoms with Gasteiger partial charge in [-0.3, -0.25) is 0 Å². The number of sulfone groups is 1. The maximum atomic E-state index is 13.5. The highest BCUT2D eigenvalue weighted by atomic mass is 32.2. The van der Waals surface area contributed by atoms with Gasteiger partial charge in [-0.2, -0.15) is 0 Å². The largest absolute Gasteiger partial charge is 0.490 e. The van der Waals surface area contributed by atoms with E-state index in [-0.39, 0.29) is 6.61 Å². The van der Waals surface area contributed by atoms with E-state index >= 15 is 0 Å². The van der Waals surface area contributed by atoms with Gasteiger partial charge in [0.25, 0.3) is 0 Å². The molecule has 4 nitrogen and oxygen atoms in total. The normalized spacial score (nSPS) is 11.3. The summed E-state index contributed by atoms with van der Waals surface area (Å²) in [5, 5.41) is 0. The number of nitrogen functional groups attached to an aromatic ring is 1. The molecule has 0 fully saturated rings. The minimum atomic E-state index is -3.98. The van der Waals surface area contributed by atoms with Gasteiger partial charge in [0.2, 0.25) is 0 Å². The fraction of sp³-hybridized carbons (Fsp3) is 0.143. The SMILES string of the molecule is Nc1ccccc1OCCS(=O)(=O)c1cc(F)ccc1F. The van der Waals surface area contributed by atoms with Crippen molar-refractivity contribution in [3.63, 3.8) is 0 Å². The van der Waals surface area contributed by atoms with E-state index in [1.165, 1.54) is 0 Å². The molecule has 0 bridgehead atoms. The van der Waals surface area contributed by atoms with Crippen LogP contribution in [-0.4, -0.2) is 20.8 Å². The van der Waals surface area contributed by atoms with Crippen LogP contribution >= 0.6 is 0 Å². The van der Waals surface area contributed by atoms with E-state index in [9.17, 15) is 17.2 Å². The molecule has 2 aromatic carbocycles. The Labute approximate surface area is 121 Å². The number of nitrogens with two attached hydrogens (primary N) is 1. The van der Waals surface area contributed by atoms with Crippen LogP contribution in [-0.2, 0) is 9.84 Å². The quantitative estimate of drug-likeness (QED) is 0.861. The maximum Gasteiger partial charge on any atom is 0.184 e. The average Bonchev–Trinajstić information content (AvgIpc) is 2.43. The molecule has 7 heteroatoms. The summed E-state index contributed by atoms with van der Waals surface area (Å²) in [7, 11) is -3.98. The lowest BCUT2D eigenvalue weighted by Crippen LogP contribution is -2.16. The summed E-state index contributed by atoms with van der Waals surface area (Å²) in [6.45, 7) is -0.216. The summed E-state index contributed by atoms with van der Waals surface area (Å²) in [6.07, 6.45) is 0. The minimum Gasteiger partial charge on any atom is -0.490 e. The van der Waals surface area contributed by atoms with Crippen LogP contribution in [0.25, 0.3) is 0 Å². The lowest BCUT2D eigenvalue weighted by atomic mass is 10.3. The molecule has 0 amide bonds. The maximum absolute atomic E-state index is 13.5. The Hall–Kier alpha value is -2.15. The Balaban J connectivity index is 2.08. The molecule has 0 heterocycles. The van der Waals surface area contributed by atoms with Crippen LogP contribution in [0.2, 0.25) is 0 Å². The number of benzene rings is 2. The fourth-order valence-corrected chi connectivity index (χ4v) is 2.88. The zero-order valence-corrected chi connectivity index (χ0v) is 11.7. The van der Waals surface area contributed by atoms with Crippen molar-refractivity contribution >= 4 is 15.5 Å². The summed E-state index contributed by atoms with van der Waals surface area (Å²) in [5.74, 6) is -1.95. The fourth-order valence-electron chi connectivity index (χ4n) is 1.70. The van der Waals surface area contributed by atoms with Crippen LogP contribution in [0.5, 0.6) is 5.75 Å². The Morgan fingerprint density at radius 3 is 2.52 bits per heavy atom. The Morgan fingerprint density at radius 2 is 1.81 bits per heavy atom. The topological polar surface area (TPSA) is 69.4 Å². The van der Waals surface area contributed by atoms with Crippen LogP contribution in [0.3, 0.4) is 0 Å². The van der Waals surface area contributed by atoms with Crippen molar-refractivity contribution in [2.45, 2.75) is 4.90 Å². The van der Waals surface area contributed by atoms with E-state index in [2.05, 4.69) is 0 Å². The van der Waals surface area contributed by atoms with Gasteiger partial charge < -0.3 is 10.5 Å². The lowest BCUT2D eigenvalue weighted by molar-refractivity contribution is 0.342. The van der Waals surface area contributed by atoms with Crippen LogP contribution in [0.15, 0.2) is 47.4 Å². The molecule has 0 aromatic heterocycles. The highest BCUT2D eigenvalue weighted by Crippen LogP contribution is 2.21. The summed E-state index contributed by atoms with van der Waals surface area (Å²) in [6, 6.07) is 8.88. The second kappa shape index (κ2) is 6.09. The first-order valence-electron chi connectivity index (χ1n) is 6.05. The molecule has 0 aliphatic heterocycles. The number of rotatable bonds is 5. The van der Waals surface area contributed by atoms with E-state index in [0.717, 1.165) is 12.1 Å². The van der Waals surface area contributed by atoms with Crippen LogP contribution in [0.4, 0.5) is 14.5 Å². The molecule has 0 saturated carbocycles. The van der Waals surface area contributed by atoms with Gasteiger partial charge in [0.05, 0.1) is 11.4 Å². The summed E-state index contributed by atoms with van der Waals surface area (Å²) < 4.78 is 55.7. The molecular weight excluding hydrogens is 300 g/mol. The van der Waals surface area contributed by atoms with Crippen molar-refractivity contribution in [2.24, 2.45) is 0 Å². The van der Waals surface area contributed by atoms with Gasteiger partial charge in [0.15, 0.2) is 9.84 Å². The van der Waals surface area contributed by atoms with Gasteiger partial charge >= 0.3 is 0 Å². The van der Waals surface area contributed by atoms with E-state index in [0.29, 0.717) is 17.5 Å². The summed E-state index contributed by atoms with van der Waals surface area (Å²) in [5.41, 5.74) is 6.01. The van der Waals surface area contributed by atoms with Crippen molar-refractivity contribution in [2.75, 3.05) is 18.1 Å². The van der Waals surface area contributed by atoms with Gasteiger partial charge in [-0.25, -0.2) is 17.2 Å². The third-order valence-corrected chi connectivity index (χ3v) is 4.44. The van der Waals surface area contributed by atoms with Crippen molar-refractivity contribution in [1.82, 2.24) is 0 Å². The first-order valence-corrected chi connectivity index (χ1v) is 7.70. The third-order valence-electron chi connectivity index (χ3n) is 2.76. The molecule has 2 N–H and O–H groups in total. The molecule has 0 spiro atoms. The van der Waals surface area contributed by atoms with Crippen LogP contribution < -0.4 is 10.5 Å². The number of ether oxygens (including phenoxy) is 1. The zero-order valence-electron chi connectivity index (χ0n) is 10.9. The lowest BCUT2D eigenvalue weighted by Gasteiger charge is -2.09. The van der Waals surface area contributed by atoms with E-state index in [1.807, 2.05) is 0 Å². The third kappa shape index (κ3) is 3.69. The summed E-state index contributed by atoms with van der Waals surface area (Å²) in [4.78, 5) is -0.674. The Bertz CT molecular complexity index is 748. The number of anilines is 1. The summed E-state index contributed by atoms with van der Waals surface area (Å²) >= 11 is 0. The molecule has 0 saturated heterocycles. The first-order chi connectivity index (χ1) is 9.90. The number of hydrogen-bond donors (Lipinski definition) is 1. The average molecular weight is 313 g/mol. The molecular formula is C14H13F2NO3S. The molecule has 0 radical (unpaired) electrons. The highest BCUT2D eigenvalue weighted by Gasteiger charge is 2.20. The van der Waals surface area contributed by atoms with Gasteiger partial charge in [0.1, 0.15) is 28.9 Å². The molecule has 0 aliphatic carbocycles. The Kier molecular flexibility index (Phi) is 4.42. The monoisotopic (exact) mass is 313 g/mol. The van der Waals surface area contributed by atoms with Crippen molar-refractivity contribution in [3.8, 4) is 5.75 Å². The van der Waals surface area contributed by atoms with E-state index in [1.54, 1.807) is 24.3 Å². The van der Waals surface area contributed by atoms with Crippen molar-refractivity contribution in [3.05, 3.63) is 54.1 Å². The molecule has 0 atom stereocenters. The van der Waals surface area contributed by atoms with Crippen LogP contribution in [0.1, 0.15) is 0 Å². The molecule has 2 aromatic rings. The predicted octanol–water partition coefficient (Wildman–Crippen LogP) is 2.40. The highest BCUT2D eigenvalue weighted by molar-refractivity contribution is 7.91. The van der Waals surface area contributed by atoms with Crippen molar-refractivity contribution < 1.29 is 21.9 Å². The van der Waals surface area contributed by atoms with E-state index < -0.39 is 32.1 Å². The standard InChI is InChI=1S/C14H13F2NO3S/c15-10-5-6-11(16)14(9-10)21(18,19)8-7-20-13-4-2-1-3-12(13)17/h1-6,9H,7-8,17H2. The minimum absolute atomic E-state index is 0.216. The van der Waals surface area contributed by atoms with Crippen LogP contribution in [0, 0.1) is 11.6 Å². The molecule has 2 rings (SSSR count). The zero-order chi connectivity index (χ0) is 15.5. The second-order valence-corrected chi connectivity index (χ2v) is 6.36. The first kappa shape index (κ1) is 15.2. The molecule has 21 heavy (non-hydrogen) atoms. The van der Waals surface area contributed by atoms with E-state index in [4.69, 9.17) is 10.5 Å². The second-order valence-electron chi connectivity index (χ2n) is 4.28. The van der Waals surface area contributed by atoms with Gasteiger partial charge in [-0.15, -0.1) is 0 Å². The Morgan fingerprint density at radius 1 is 1.10 bits per heavy atom. The number of hydrogen-bond acceptors (Lipinski definition) is 4. The predicted molar refractivity (Wildman–Crippen MR) is 74.8 cm³/mol.